The molecule has 1 N–H and O–H groups in total. The fourth-order valence-corrected chi connectivity index (χ4v) is 2.50. The molecular weight excluding hydrogens is 228 g/mol. The van der Waals surface area contributed by atoms with E-state index >= 15 is 0 Å². The van der Waals surface area contributed by atoms with Crippen LogP contribution < -0.4 is 5.32 Å². The molecule has 0 bridgehead atoms. The predicted molar refractivity (Wildman–Crippen MR) is 68.4 cm³/mol. The van der Waals surface area contributed by atoms with Gasteiger partial charge < -0.3 is 14.6 Å². The van der Waals surface area contributed by atoms with Crippen molar-refractivity contribution in [3.05, 3.63) is 24.2 Å². The molecule has 1 saturated carbocycles. The number of nitrogens with zero attached hydrogens (tertiary/aromatic N) is 1. The highest BCUT2D eigenvalue weighted by atomic mass is 16.3. The van der Waals surface area contributed by atoms with Gasteiger partial charge in [-0.15, -0.1) is 0 Å². The van der Waals surface area contributed by atoms with E-state index in [1.807, 2.05) is 4.90 Å². The quantitative estimate of drug-likeness (QED) is 0.885. The monoisotopic (exact) mass is 248 g/mol. The van der Waals surface area contributed by atoms with Crippen LogP contribution in [0.15, 0.2) is 22.8 Å². The van der Waals surface area contributed by atoms with E-state index in [9.17, 15) is 4.79 Å². The van der Waals surface area contributed by atoms with Gasteiger partial charge in [0, 0.05) is 19.1 Å². The average molecular weight is 248 g/mol. The van der Waals surface area contributed by atoms with E-state index in [0.29, 0.717) is 11.8 Å². The van der Waals surface area contributed by atoms with E-state index in [4.69, 9.17) is 4.42 Å². The highest BCUT2D eigenvalue weighted by molar-refractivity contribution is 5.91. The zero-order valence-corrected chi connectivity index (χ0v) is 10.6. The summed E-state index contributed by atoms with van der Waals surface area (Å²) in [6.07, 6.45) is 6.45. The molecule has 1 aromatic rings. The largest absolute Gasteiger partial charge is 0.459 e. The van der Waals surface area contributed by atoms with Crippen molar-refractivity contribution in [3.63, 3.8) is 0 Å². The lowest BCUT2D eigenvalue weighted by molar-refractivity contribution is 0.0673. The van der Waals surface area contributed by atoms with Crippen LogP contribution in [0.25, 0.3) is 0 Å². The zero-order valence-electron chi connectivity index (χ0n) is 10.6. The first-order valence-electron chi connectivity index (χ1n) is 6.89. The van der Waals surface area contributed by atoms with Crippen LogP contribution in [0.3, 0.4) is 0 Å². The third-order valence-electron chi connectivity index (χ3n) is 3.91. The fraction of sp³-hybridized carbons (Fsp3) is 0.643. The normalized spacial score (nSPS) is 21.2. The highest BCUT2D eigenvalue weighted by Crippen LogP contribution is 2.28. The molecule has 98 valence electrons. The van der Waals surface area contributed by atoms with Gasteiger partial charge in [-0.25, -0.2) is 0 Å². The highest BCUT2D eigenvalue weighted by Gasteiger charge is 2.26. The predicted octanol–water partition coefficient (Wildman–Crippen LogP) is 1.88. The van der Waals surface area contributed by atoms with Crippen LogP contribution in [-0.4, -0.2) is 36.5 Å². The van der Waals surface area contributed by atoms with Crippen LogP contribution in [-0.2, 0) is 0 Å². The molecule has 0 radical (unpaired) electrons. The lowest BCUT2D eigenvalue weighted by Gasteiger charge is -2.32. The maximum Gasteiger partial charge on any atom is 0.289 e. The van der Waals surface area contributed by atoms with E-state index in [1.54, 1.807) is 18.4 Å². The Bertz CT molecular complexity index is 390. The second-order valence-corrected chi connectivity index (χ2v) is 5.40. The lowest BCUT2D eigenvalue weighted by atomic mass is 10.0. The van der Waals surface area contributed by atoms with Gasteiger partial charge in [0.2, 0.25) is 0 Å². The van der Waals surface area contributed by atoms with Gasteiger partial charge in [-0.3, -0.25) is 4.79 Å². The zero-order chi connectivity index (χ0) is 12.4. The molecule has 1 saturated heterocycles. The van der Waals surface area contributed by atoms with Crippen LogP contribution in [0.1, 0.15) is 36.2 Å². The van der Waals surface area contributed by atoms with Crippen molar-refractivity contribution in [2.45, 2.75) is 31.7 Å². The molecule has 0 unspecified atom stereocenters. The number of furan rings is 1. The number of hydrogen-bond acceptors (Lipinski definition) is 3. The van der Waals surface area contributed by atoms with Gasteiger partial charge in [0.05, 0.1) is 6.26 Å². The summed E-state index contributed by atoms with van der Waals surface area (Å²) in [5, 5.41) is 3.62. The molecule has 2 aliphatic rings. The number of likely N-dealkylation sites (tertiary alicyclic amines) is 1. The number of rotatable bonds is 4. The summed E-state index contributed by atoms with van der Waals surface area (Å²) < 4.78 is 5.16. The number of carbonyl (C=O) groups is 1. The summed E-state index contributed by atoms with van der Waals surface area (Å²) in [5.41, 5.74) is 0. The summed E-state index contributed by atoms with van der Waals surface area (Å²) in [5.74, 6) is 1.41. The molecule has 1 amide bonds. The van der Waals surface area contributed by atoms with Gasteiger partial charge in [-0.2, -0.15) is 0 Å². The maximum atomic E-state index is 12.1. The van der Waals surface area contributed by atoms with Crippen molar-refractivity contribution < 1.29 is 9.21 Å². The van der Waals surface area contributed by atoms with Crippen LogP contribution in [0.5, 0.6) is 0 Å². The lowest BCUT2D eigenvalue weighted by Crippen LogP contribution is -2.45. The molecular formula is C14H20N2O2. The van der Waals surface area contributed by atoms with Crippen LogP contribution in [0.4, 0.5) is 0 Å². The molecule has 18 heavy (non-hydrogen) atoms. The Morgan fingerprint density at radius 2 is 2.11 bits per heavy atom. The number of nitrogens with one attached hydrogen (secondary N) is 1. The van der Waals surface area contributed by atoms with Crippen molar-refractivity contribution in [2.24, 2.45) is 5.92 Å². The van der Waals surface area contributed by atoms with Gasteiger partial charge in [0.15, 0.2) is 5.76 Å². The first-order valence-corrected chi connectivity index (χ1v) is 6.89. The molecule has 2 fully saturated rings. The van der Waals surface area contributed by atoms with Crippen molar-refractivity contribution in [2.75, 3.05) is 19.6 Å². The smallest absolute Gasteiger partial charge is 0.289 e. The van der Waals surface area contributed by atoms with E-state index in [2.05, 4.69) is 5.32 Å². The summed E-state index contributed by atoms with van der Waals surface area (Å²) in [6, 6.07) is 4.09. The van der Waals surface area contributed by atoms with E-state index in [-0.39, 0.29) is 5.91 Å². The Balaban J connectivity index is 1.45. The van der Waals surface area contributed by atoms with Crippen LogP contribution >= 0.6 is 0 Å². The summed E-state index contributed by atoms with van der Waals surface area (Å²) in [6.45, 7) is 2.83. The molecule has 3 rings (SSSR count). The first-order chi connectivity index (χ1) is 8.83. The van der Waals surface area contributed by atoms with Crippen LogP contribution in [0, 0.1) is 5.92 Å². The summed E-state index contributed by atoms with van der Waals surface area (Å²) in [4.78, 5) is 14.0. The molecule has 1 aliphatic carbocycles. The third kappa shape index (κ3) is 2.75. The van der Waals surface area contributed by atoms with Gasteiger partial charge in [0.25, 0.3) is 5.91 Å². The third-order valence-corrected chi connectivity index (χ3v) is 3.91. The molecule has 0 aromatic carbocycles. The van der Waals surface area contributed by atoms with Crippen molar-refractivity contribution >= 4 is 5.91 Å². The minimum atomic E-state index is 0.0284. The first kappa shape index (κ1) is 11.8. The van der Waals surface area contributed by atoms with Crippen LogP contribution in [0.2, 0.25) is 0 Å². The summed E-state index contributed by atoms with van der Waals surface area (Å²) in [7, 11) is 0. The molecule has 2 heterocycles. The summed E-state index contributed by atoms with van der Waals surface area (Å²) >= 11 is 0. The Kier molecular flexibility index (Phi) is 3.37. The van der Waals surface area contributed by atoms with Gasteiger partial charge in [0.1, 0.15) is 0 Å². The number of piperidine rings is 1. The average Bonchev–Trinajstić information content (AvgIpc) is 3.08. The molecule has 0 spiro atoms. The fourth-order valence-electron chi connectivity index (χ4n) is 2.50. The number of carbonyl (C=O) groups excluding carboxylic acids is 1. The van der Waals surface area contributed by atoms with E-state index in [0.717, 1.165) is 38.4 Å². The second kappa shape index (κ2) is 5.14. The maximum absolute atomic E-state index is 12.1. The van der Waals surface area contributed by atoms with Gasteiger partial charge in [-0.1, -0.05) is 0 Å². The van der Waals surface area contributed by atoms with E-state index < -0.39 is 0 Å². The van der Waals surface area contributed by atoms with Gasteiger partial charge >= 0.3 is 0 Å². The van der Waals surface area contributed by atoms with Crippen molar-refractivity contribution in [1.29, 1.82) is 0 Å². The van der Waals surface area contributed by atoms with Crippen molar-refractivity contribution in [3.8, 4) is 0 Å². The Morgan fingerprint density at radius 1 is 1.33 bits per heavy atom. The SMILES string of the molecule is O=C(c1ccco1)N1CCC(NCC2CC2)CC1. The standard InChI is InChI=1S/C14H20N2O2/c17-14(13-2-1-9-18-13)16-7-5-12(6-8-16)15-10-11-3-4-11/h1-2,9,11-12,15H,3-8,10H2. The molecule has 0 atom stereocenters. The Morgan fingerprint density at radius 3 is 2.72 bits per heavy atom. The second-order valence-electron chi connectivity index (χ2n) is 5.40. The molecule has 4 heteroatoms. The van der Waals surface area contributed by atoms with E-state index in [1.165, 1.54) is 12.8 Å². The number of hydrogen-bond donors (Lipinski definition) is 1. The molecule has 4 nitrogen and oxygen atoms in total. The number of amides is 1. The minimum absolute atomic E-state index is 0.0284. The Labute approximate surface area is 107 Å². The molecule has 1 aromatic heterocycles. The topological polar surface area (TPSA) is 45.5 Å². The van der Waals surface area contributed by atoms with Gasteiger partial charge in [-0.05, 0) is 50.3 Å². The molecule has 1 aliphatic heterocycles. The Hall–Kier alpha value is -1.29. The minimum Gasteiger partial charge on any atom is -0.459 e. The van der Waals surface area contributed by atoms with Crippen molar-refractivity contribution in [1.82, 2.24) is 10.2 Å².